The molecule has 1 fully saturated rings. The summed E-state index contributed by atoms with van der Waals surface area (Å²) in [4.78, 5) is 10.5. The molecule has 1 aromatic rings. The molecule has 16 heavy (non-hydrogen) atoms. The van der Waals surface area contributed by atoms with Gasteiger partial charge < -0.3 is 9.90 Å². The minimum Gasteiger partial charge on any atom is -0.545 e. The maximum atomic E-state index is 11.7. The first-order valence-electron chi connectivity index (χ1n) is 4.83. The molecule has 0 saturated heterocycles. The van der Waals surface area contributed by atoms with Crippen LogP contribution in [0.5, 0.6) is 0 Å². The molecule has 1 aliphatic rings. The maximum absolute atomic E-state index is 11.7. The maximum Gasteiger partial charge on any atom is 0.240 e. The largest absolute Gasteiger partial charge is 0.545 e. The Morgan fingerprint density at radius 3 is 2.25 bits per heavy atom. The van der Waals surface area contributed by atoms with Crippen LogP contribution in [-0.4, -0.2) is 20.4 Å². The van der Waals surface area contributed by atoms with Crippen LogP contribution in [0.4, 0.5) is 0 Å². The van der Waals surface area contributed by atoms with Crippen LogP contribution in [-0.2, 0) is 10.0 Å². The van der Waals surface area contributed by atoms with Crippen LogP contribution in [0, 0.1) is 0 Å². The van der Waals surface area contributed by atoms with E-state index in [4.69, 9.17) is 0 Å². The Hall–Kier alpha value is -1.40. The lowest BCUT2D eigenvalue weighted by molar-refractivity contribution is -0.255. The molecule has 0 unspecified atom stereocenters. The van der Waals surface area contributed by atoms with E-state index < -0.39 is 16.0 Å². The number of carbonyl (C=O) groups excluding carboxylic acids is 1. The summed E-state index contributed by atoms with van der Waals surface area (Å²) >= 11 is 0. The van der Waals surface area contributed by atoms with E-state index in [1.807, 2.05) is 0 Å². The third-order valence-corrected chi connectivity index (χ3v) is 3.84. The van der Waals surface area contributed by atoms with Gasteiger partial charge in [0.2, 0.25) is 10.0 Å². The second-order valence-corrected chi connectivity index (χ2v) is 5.42. The average molecular weight is 240 g/mol. The monoisotopic (exact) mass is 240 g/mol. The van der Waals surface area contributed by atoms with Gasteiger partial charge in [0.15, 0.2) is 0 Å². The van der Waals surface area contributed by atoms with Gasteiger partial charge in [-0.15, -0.1) is 0 Å². The number of carbonyl (C=O) groups is 1. The number of benzene rings is 1. The molecule has 0 spiro atoms. The molecule has 1 N–H and O–H groups in total. The Morgan fingerprint density at radius 1 is 1.25 bits per heavy atom. The molecule has 0 amide bonds. The molecule has 0 atom stereocenters. The average Bonchev–Trinajstić information content (AvgIpc) is 3.01. The third-order valence-electron chi connectivity index (χ3n) is 2.30. The first-order valence-corrected chi connectivity index (χ1v) is 6.31. The third kappa shape index (κ3) is 2.40. The van der Waals surface area contributed by atoms with Crippen LogP contribution in [0.25, 0.3) is 0 Å². The highest BCUT2D eigenvalue weighted by atomic mass is 32.2. The zero-order valence-corrected chi connectivity index (χ0v) is 9.16. The zero-order chi connectivity index (χ0) is 11.8. The summed E-state index contributed by atoms with van der Waals surface area (Å²) in [6.45, 7) is 0. The Morgan fingerprint density at radius 2 is 1.81 bits per heavy atom. The SMILES string of the molecule is O=C([O-])c1ccc(S(=O)(=O)NC2CC2)cc1. The van der Waals surface area contributed by atoms with E-state index in [1.165, 1.54) is 24.3 Å². The molecule has 0 aromatic heterocycles. The standard InChI is InChI=1S/C10H11NO4S/c12-10(13)7-1-5-9(6-2-7)16(14,15)11-8-3-4-8/h1-2,5-6,8,11H,3-4H2,(H,12,13)/p-1. The van der Waals surface area contributed by atoms with Crippen molar-refractivity contribution in [2.45, 2.75) is 23.8 Å². The molecule has 1 saturated carbocycles. The molecule has 1 aliphatic carbocycles. The lowest BCUT2D eigenvalue weighted by Gasteiger charge is -2.06. The number of rotatable bonds is 4. The quantitative estimate of drug-likeness (QED) is 0.768. The van der Waals surface area contributed by atoms with Gasteiger partial charge in [-0.05, 0) is 30.5 Å². The molecule has 1 aromatic carbocycles. The predicted molar refractivity (Wildman–Crippen MR) is 54.1 cm³/mol. The van der Waals surface area contributed by atoms with Crippen LogP contribution < -0.4 is 9.83 Å². The smallest absolute Gasteiger partial charge is 0.240 e. The molecular weight excluding hydrogens is 230 g/mol. The van der Waals surface area contributed by atoms with E-state index in [0.717, 1.165) is 12.8 Å². The lowest BCUT2D eigenvalue weighted by atomic mass is 10.2. The second-order valence-electron chi connectivity index (χ2n) is 3.71. The van der Waals surface area contributed by atoms with Crippen molar-refractivity contribution < 1.29 is 18.3 Å². The number of carboxylic acids is 1. The predicted octanol–water partition coefficient (Wildman–Crippen LogP) is -0.509. The minimum atomic E-state index is -3.50. The summed E-state index contributed by atoms with van der Waals surface area (Å²) in [6, 6.07) is 4.99. The fourth-order valence-electron chi connectivity index (χ4n) is 1.26. The minimum absolute atomic E-state index is 0.0332. The van der Waals surface area contributed by atoms with Gasteiger partial charge in [-0.25, -0.2) is 13.1 Å². The highest BCUT2D eigenvalue weighted by Crippen LogP contribution is 2.22. The zero-order valence-electron chi connectivity index (χ0n) is 8.34. The Bertz CT molecular complexity index is 502. The Labute approximate surface area is 93.2 Å². The number of nitrogens with one attached hydrogen (secondary N) is 1. The molecule has 5 nitrogen and oxygen atoms in total. The fourth-order valence-corrected chi connectivity index (χ4v) is 2.56. The van der Waals surface area contributed by atoms with Crippen LogP contribution >= 0.6 is 0 Å². The van der Waals surface area contributed by atoms with Crippen molar-refractivity contribution in [1.82, 2.24) is 4.72 Å². The molecule has 0 radical (unpaired) electrons. The van der Waals surface area contributed by atoms with Gasteiger partial charge in [0.1, 0.15) is 0 Å². The summed E-state index contributed by atoms with van der Waals surface area (Å²) < 4.78 is 25.9. The van der Waals surface area contributed by atoms with E-state index in [2.05, 4.69) is 4.72 Å². The molecule has 6 heteroatoms. The first kappa shape index (κ1) is 11.1. The summed E-state index contributed by atoms with van der Waals surface area (Å²) in [5, 5.41) is 10.5. The summed E-state index contributed by atoms with van der Waals surface area (Å²) in [5.41, 5.74) is -0.0367. The second kappa shape index (κ2) is 3.88. The van der Waals surface area contributed by atoms with Gasteiger partial charge in [0, 0.05) is 6.04 Å². The Balaban J connectivity index is 2.23. The van der Waals surface area contributed by atoms with Crippen molar-refractivity contribution >= 4 is 16.0 Å². The van der Waals surface area contributed by atoms with Gasteiger partial charge >= 0.3 is 0 Å². The molecule has 2 rings (SSSR count). The van der Waals surface area contributed by atoms with Crippen LogP contribution in [0.1, 0.15) is 23.2 Å². The van der Waals surface area contributed by atoms with E-state index in [0.29, 0.717) is 0 Å². The van der Waals surface area contributed by atoms with E-state index in [9.17, 15) is 18.3 Å². The molecular formula is C10H10NO4S-. The number of aromatic carboxylic acids is 1. The lowest BCUT2D eigenvalue weighted by Crippen LogP contribution is -2.26. The first-order chi connectivity index (χ1) is 7.49. The summed E-state index contributed by atoms with van der Waals surface area (Å²) in [5.74, 6) is -1.32. The Kier molecular flexibility index (Phi) is 2.69. The van der Waals surface area contributed by atoms with Crippen LogP contribution in [0.2, 0.25) is 0 Å². The van der Waals surface area contributed by atoms with Gasteiger partial charge in [0.05, 0.1) is 10.9 Å². The van der Waals surface area contributed by atoms with Crippen LogP contribution in [0.15, 0.2) is 29.2 Å². The van der Waals surface area contributed by atoms with Crippen molar-refractivity contribution in [2.75, 3.05) is 0 Å². The van der Waals surface area contributed by atoms with Gasteiger partial charge in [-0.2, -0.15) is 0 Å². The molecule has 0 aliphatic heterocycles. The van der Waals surface area contributed by atoms with Crippen LogP contribution in [0.3, 0.4) is 0 Å². The number of carboxylic acid groups (broad SMARTS) is 1. The summed E-state index contributed by atoms with van der Waals surface area (Å²) in [7, 11) is -3.50. The van der Waals surface area contributed by atoms with Crippen molar-refractivity contribution in [3.63, 3.8) is 0 Å². The van der Waals surface area contributed by atoms with Crippen molar-refractivity contribution in [2.24, 2.45) is 0 Å². The molecule has 0 heterocycles. The molecule has 0 bridgehead atoms. The summed E-state index contributed by atoms with van der Waals surface area (Å²) in [6.07, 6.45) is 1.71. The van der Waals surface area contributed by atoms with Gasteiger partial charge in [0.25, 0.3) is 0 Å². The topological polar surface area (TPSA) is 86.3 Å². The van der Waals surface area contributed by atoms with E-state index in [1.54, 1.807) is 0 Å². The normalized spacial score (nSPS) is 16.0. The van der Waals surface area contributed by atoms with Crippen molar-refractivity contribution in [3.8, 4) is 0 Å². The highest BCUT2D eigenvalue weighted by molar-refractivity contribution is 7.89. The van der Waals surface area contributed by atoms with E-state index in [-0.39, 0.29) is 16.5 Å². The van der Waals surface area contributed by atoms with Gasteiger partial charge in [-0.1, -0.05) is 12.1 Å². The molecule has 86 valence electrons. The highest BCUT2D eigenvalue weighted by Gasteiger charge is 2.27. The number of hydrogen-bond donors (Lipinski definition) is 1. The van der Waals surface area contributed by atoms with Crippen molar-refractivity contribution in [1.29, 1.82) is 0 Å². The fraction of sp³-hybridized carbons (Fsp3) is 0.300. The number of hydrogen-bond acceptors (Lipinski definition) is 4. The number of sulfonamides is 1. The van der Waals surface area contributed by atoms with E-state index >= 15 is 0 Å². The van der Waals surface area contributed by atoms with Crippen molar-refractivity contribution in [3.05, 3.63) is 29.8 Å². The van der Waals surface area contributed by atoms with Gasteiger partial charge in [-0.3, -0.25) is 0 Å².